The molecule has 0 aromatic carbocycles. The smallest absolute Gasteiger partial charge is 0.151 e. The highest BCUT2D eigenvalue weighted by molar-refractivity contribution is 5.36. The highest BCUT2D eigenvalue weighted by Gasteiger charge is 2.05. The molecular weight excluding hydrogens is 216 g/mol. The summed E-state index contributed by atoms with van der Waals surface area (Å²) < 4.78 is 5.29. The average Bonchev–Trinajstić information content (AvgIpc) is 2.83. The van der Waals surface area contributed by atoms with Crippen LogP contribution in [-0.2, 0) is 13.1 Å². The van der Waals surface area contributed by atoms with E-state index in [2.05, 4.69) is 15.5 Å². The minimum atomic E-state index is 0.688. The maximum absolute atomic E-state index is 5.29. The Hall–Kier alpha value is -1.88. The maximum Gasteiger partial charge on any atom is 0.151 e. The van der Waals surface area contributed by atoms with E-state index >= 15 is 0 Å². The van der Waals surface area contributed by atoms with Crippen LogP contribution < -0.4 is 10.2 Å². The van der Waals surface area contributed by atoms with Crippen molar-refractivity contribution < 1.29 is 4.42 Å². The summed E-state index contributed by atoms with van der Waals surface area (Å²) in [6.07, 6.45) is 1.67. The molecule has 0 fully saturated rings. The lowest BCUT2D eigenvalue weighted by Crippen LogP contribution is -2.18. The molecule has 0 saturated carbocycles. The van der Waals surface area contributed by atoms with Crippen LogP contribution in [0.5, 0.6) is 0 Å². The molecule has 2 aromatic rings. The molecule has 0 aliphatic heterocycles. The molecule has 17 heavy (non-hydrogen) atoms. The quantitative estimate of drug-likeness (QED) is 0.845. The highest BCUT2D eigenvalue weighted by Crippen LogP contribution is 2.12. The Morgan fingerprint density at radius 2 is 2.18 bits per heavy atom. The zero-order valence-corrected chi connectivity index (χ0v) is 10.1. The van der Waals surface area contributed by atoms with Crippen molar-refractivity contribution in [3.8, 4) is 0 Å². The minimum absolute atomic E-state index is 0.688. The van der Waals surface area contributed by atoms with Gasteiger partial charge in [0.15, 0.2) is 5.82 Å². The zero-order valence-electron chi connectivity index (χ0n) is 10.1. The summed E-state index contributed by atoms with van der Waals surface area (Å²) in [5.74, 6) is 1.75. The Bertz CT molecular complexity index is 438. The lowest BCUT2D eigenvalue weighted by molar-refractivity contribution is 0.506. The van der Waals surface area contributed by atoms with Crippen molar-refractivity contribution >= 4 is 5.82 Å². The third-order valence-corrected chi connectivity index (χ3v) is 2.43. The predicted octanol–water partition coefficient (Wildman–Crippen LogP) is 1.43. The zero-order chi connectivity index (χ0) is 12.1. The van der Waals surface area contributed by atoms with Gasteiger partial charge in [-0.25, -0.2) is 0 Å². The molecule has 90 valence electrons. The Morgan fingerprint density at radius 1 is 1.29 bits per heavy atom. The number of hydrogen-bond acceptors (Lipinski definition) is 5. The van der Waals surface area contributed by atoms with Crippen molar-refractivity contribution in [1.29, 1.82) is 0 Å². The first-order valence-electron chi connectivity index (χ1n) is 5.50. The standard InChI is InChI=1S/C12H16N4O/c1-13-8-10-5-6-12(15-14-10)16(2)9-11-4-3-7-17-11/h3-7,13H,8-9H2,1-2H3. The molecule has 1 N–H and O–H groups in total. The maximum atomic E-state index is 5.29. The fourth-order valence-electron chi connectivity index (χ4n) is 1.55. The molecule has 0 aliphatic carbocycles. The van der Waals surface area contributed by atoms with Gasteiger partial charge in [0, 0.05) is 13.6 Å². The number of hydrogen-bond donors (Lipinski definition) is 1. The van der Waals surface area contributed by atoms with Crippen LogP contribution in [-0.4, -0.2) is 24.3 Å². The topological polar surface area (TPSA) is 54.2 Å². The van der Waals surface area contributed by atoms with Crippen molar-refractivity contribution in [1.82, 2.24) is 15.5 Å². The number of nitrogens with zero attached hydrogens (tertiary/aromatic N) is 3. The average molecular weight is 232 g/mol. The third kappa shape index (κ3) is 3.04. The summed E-state index contributed by atoms with van der Waals surface area (Å²) in [5.41, 5.74) is 0.933. The molecule has 5 heteroatoms. The second kappa shape index (κ2) is 5.45. The van der Waals surface area contributed by atoms with Gasteiger partial charge in [0.2, 0.25) is 0 Å². The van der Waals surface area contributed by atoms with E-state index in [-0.39, 0.29) is 0 Å². The first-order chi connectivity index (χ1) is 8.29. The molecule has 0 aliphatic rings. The van der Waals surface area contributed by atoms with Crippen LogP contribution in [0.4, 0.5) is 5.82 Å². The van der Waals surface area contributed by atoms with Gasteiger partial charge < -0.3 is 14.6 Å². The van der Waals surface area contributed by atoms with Crippen molar-refractivity contribution in [3.05, 3.63) is 42.0 Å². The van der Waals surface area contributed by atoms with Crippen molar-refractivity contribution in [2.75, 3.05) is 19.0 Å². The summed E-state index contributed by atoms with van der Waals surface area (Å²) in [6, 6.07) is 7.75. The van der Waals surface area contributed by atoms with E-state index in [0.717, 1.165) is 23.8 Å². The molecule has 5 nitrogen and oxygen atoms in total. The number of furan rings is 1. The van der Waals surface area contributed by atoms with E-state index in [1.807, 2.05) is 43.3 Å². The molecule has 2 heterocycles. The van der Waals surface area contributed by atoms with Gasteiger partial charge >= 0.3 is 0 Å². The van der Waals surface area contributed by atoms with Crippen LogP contribution in [0.3, 0.4) is 0 Å². The van der Waals surface area contributed by atoms with E-state index in [1.165, 1.54) is 0 Å². The van der Waals surface area contributed by atoms with Gasteiger partial charge in [-0.2, -0.15) is 5.10 Å². The molecule has 0 spiro atoms. The monoisotopic (exact) mass is 232 g/mol. The molecule has 0 amide bonds. The van der Waals surface area contributed by atoms with Crippen molar-refractivity contribution in [2.45, 2.75) is 13.1 Å². The van der Waals surface area contributed by atoms with Gasteiger partial charge in [-0.3, -0.25) is 0 Å². The van der Waals surface area contributed by atoms with Crippen molar-refractivity contribution in [3.63, 3.8) is 0 Å². The molecule has 0 radical (unpaired) electrons. The Balaban J connectivity index is 2.01. The van der Waals surface area contributed by atoms with E-state index in [9.17, 15) is 0 Å². The second-order valence-electron chi connectivity index (χ2n) is 3.85. The SMILES string of the molecule is CNCc1ccc(N(C)Cc2ccco2)nn1. The minimum Gasteiger partial charge on any atom is -0.467 e. The fraction of sp³-hybridized carbons (Fsp3) is 0.333. The first-order valence-corrected chi connectivity index (χ1v) is 5.50. The van der Waals surface area contributed by atoms with Crippen LogP contribution in [0, 0.1) is 0 Å². The molecule has 2 rings (SSSR count). The number of rotatable bonds is 5. The summed E-state index contributed by atoms with van der Waals surface area (Å²) in [6.45, 7) is 1.42. The molecular formula is C12H16N4O. The van der Waals surface area contributed by atoms with Crippen LogP contribution >= 0.6 is 0 Å². The van der Waals surface area contributed by atoms with Crippen molar-refractivity contribution in [2.24, 2.45) is 0 Å². The van der Waals surface area contributed by atoms with E-state index in [4.69, 9.17) is 4.42 Å². The predicted molar refractivity (Wildman–Crippen MR) is 65.6 cm³/mol. The van der Waals surface area contributed by atoms with E-state index in [1.54, 1.807) is 6.26 Å². The number of anilines is 1. The Morgan fingerprint density at radius 3 is 2.76 bits per heavy atom. The summed E-state index contributed by atoms with van der Waals surface area (Å²) in [5, 5.41) is 11.3. The van der Waals surface area contributed by atoms with Crippen LogP contribution in [0.2, 0.25) is 0 Å². The van der Waals surface area contributed by atoms with E-state index in [0.29, 0.717) is 6.54 Å². The van der Waals surface area contributed by atoms with Gasteiger partial charge in [0.25, 0.3) is 0 Å². The Kier molecular flexibility index (Phi) is 3.72. The lowest BCUT2D eigenvalue weighted by Gasteiger charge is -2.15. The molecule has 2 aromatic heterocycles. The second-order valence-corrected chi connectivity index (χ2v) is 3.85. The summed E-state index contributed by atoms with van der Waals surface area (Å²) in [4.78, 5) is 2.00. The summed E-state index contributed by atoms with van der Waals surface area (Å²) >= 11 is 0. The number of nitrogens with one attached hydrogen (secondary N) is 1. The van der Waals surface area contributed by atoms with Crippen LogP contribution in [0.15, 0.2) is 34.9 Å². The van der Waals surface area contributed by atoms with Gasteiger partial charge in [-0.05, 0) is 31.3 Å². The molecule has 0 atom stereocenters. The molecule has 0 unspecified atom stereocenters. The van der Waals surface area contributed by atoms with Gasteiger partial charge in [0.05, 0.1) is 18.5 Å². The number of aromatic nitrogens is 2. The summed E-state index contributed by atoms with van der Waals surface area (Å²) in [7, 11) is 3.85. The lowest BCUT2D eigenvalue weighted by atomic mass is 10.3. The van der Waals surface area contributed by atoms with E-state index < -0.39 is 0 Å². The van der Waals surface area contributed by atoms with Gasteiger partial charge in [-0.15, -0.1) is 5.10 Å². The normalized spacial score (nSPS) is 10.5. The van der Waals surface area contributed by atoms with Gasteiger partial charge in [0.1, 0.15) is 5.76 Å². The van der Waals surface area contributed by atoms with Gasteiger partial charge in [-0.1, -0.05) is 0 Å². The molecule has 0 saturated heterocycles. The highest BCUT2D eigenvalue weighted by atomic mass is 16.3. The Labute approximate surface area is 100 Å². The largest absolute Gasteiger partial charge is 0.467 e. The first kappa shape index (κ1) is 11.6. The fourth-order valence-corrected chi connectivity index (χ4v) is 1.55. The third-order valence-electron chi connectivity index (χ3n) is 2.43. The molecule has 0 bridgehead atoms. The van der Waals surface area contributed by atoms with Crippen LogP contribution in [0.1, 0.15) is 11.5 Å². The van der Waals surface area contributed by atoms with Crippen LogP contribution in [0.25, 0.3) is 0 Å².